The van der Waals surface area contributed by atoms with Crippen LogP contribution in [-0.2, 0) is 9.53 Å². The van der Waals surface area contributed by atoms with Gasteiger partial charge in [0.15, 0.2) is 0 Å². The number of rotatable bonds is 3. The number of carbonyl (C=O) groups is 2. The van der Waals surface area contributed by atoms with Crippen LogP contribution in [0.25, 0.3) is 0 Å². The van der Waals surface area contributed by atoms with Crippen LogP contribution in [0.2, 0.25) is 0 Å². The van der Waals surface area contributed by atoms with Crippen molar-refractivity contribution < 1.29 is 37.0 Å². The Bertz CT molecular complexity index is 815. The van der Waals surface area contributed by atoms with Gasteiger partial charge in [-0.3, -0.25) is 4.79 Å². The lowest BCUT2D eigenvalue weighted by Gasteiger charge is -2.43. The summed E-state index contributed by atoms with van der Waals surface area (Å²) in [7, 11) is 0. The van der Waals surface area contributed by atoms with E-state index in [-0.39, 0.29) is 16.9 Å². The number of benzene rings is 1. The molecule has 6 nitrogen and oxygen atoms in total. The van der Waals surface area contributed by atoms with Crippen molar-refractivity contribution in [2.75, 3.05) is 45.9 Å². The quantitative estimate of drug-likeness (QED) is 0.700. The minimum Gasteiger partial charge on any atom is -0.475 e. The van der Waals surface area contributed by atoms with Crippen LogP contribution in [0.1, 0.15) is 36.0 Å². The number of likely N-dealkylation sites (tertiary alicyclic amines) is 1. The molecule has 32 heavy (non-hydrogen) atoms. The van der Waals surface area contributed by atoms with Crippen molar-refractivity contribution in [1.82, 2.24) is 9.80 Å². The second kappa shape index (κ2) is 10.2. The maximum absolute atomic E-state index is 14.0. The molecule has 0 bridgehead atoms. The minimum absolute atomic E-state index is 0.00937. The molecule has 2 heterocycles. The van der Waals surface area contributed by atoms with Crippen molar-refractivity contribution in [2.24, 2.45) is 11.3 Å². The van der Waals surface area contributed by atoms with Gasteiger partial charge < -0.3 is 19.6 Å². The van der Waals surface area contributed by atoms with E-state index in [1.54, 1.807) is 18.2 Å². The van der Waals surface area contributed by atoms with E-state index in [0.717, 1.165) is 45.0 Å². The van der Waals surface area contributed by atoms with Crippen LogP contribution < -0.4 is 0 Å². The minimum atomic E-state index is -5.08. The Hall–Kier alpha value is -2.20. The highest BCUT2D eigenvalue weighted by molar-refractivity contribution is 5.94. The number of piperidine rings is 1. The van der Waals surface area contributed by atoms with E-state index in [2.05, 4.69) is 4.90 Å². The number of ether oxygens (including phenoxy) is 1. The van der Waals surface area contributed by atoms with E-state index in [1.807, 2.05) is 4.90 Å². The first-order valence-electron chi connectivity index (χ1n) is 10.7. The summed E-state index contributed by atoms with van der Waals surface area (Å²) >= 11 is 0. The van der Waals surface area contributed by atoms with E-state index < -0.39 is 18.0 Å². The van der Waals surface area contributed by atoms with Gasteiger partial charge in [0.05, 0.1) is 18.8 Å². The summed E-state index contributed by atoms with van der Waals surface area (Å²) in [6, 6.07) is 6.29. The molecule has 1 aromatic rings. The second-order valence-corrected chi connectivity index (χ2v) is 8.84. The molecule has 1 aromatic carbocycles. The van der Waals surface area contributed by atoms with E-state index in [0.29, 0.717) is 19.7 Å². The number of carboxylic acids is 1. The molecule has 1 N–H and O–H groups in total. The summed E-state index contributed by atoms with van der Waals surface area (Å²) in [5, 5.41) is 7.12. The van der Waals surface area contributed by atoms with E-state index in [4.69, 9.17) is 14.6 Å². The molecule has 3 fully saturated rings. The average Bonchev–Trinajstić information content (AvgIpc) is 3.56. The number of aliphatic carboxylic acids is 1. The van der Waals surface area contributed by atoms with Crippen LogP contribution in [0.5, 0.6) is 0 Å². The van der Waals surface area contributed by atoms with Crippen molar-refractivity contribution in [2.45, 2.75) is 31.9 Å². The van der Waals surface area contributed by atoms with Gasteiger partial charge in [-0.2, -0.15) is 13.2 Å². The summed E-state index contributed by atoms with van der Waals surface area (Å²) in [5.41, 5.74) is 0.175. The number of carboxylic acid groups (broad SMARTS) is 1. The van der Waals surface area contributed by atoms with E-state index in [9.17, 15) is 22.4 Å². The second-order valence-electron chi connectivity index (χ2n) is 8.84. The molecular weight excluding hydrogens is 432 g/mol. The average molecular weight is 460 g/mol. The van der Waals surface area contributed by atoms with E-state index >= 15 is 0 Å². The molecule has 10 heteroatoms. The third-order valence-corrected chi connectivity index (χ3v) is 6.03. The number of hydrogen-bond acceptors (Lipinski definition) is 4. The lowest BCUT2D eigenvalue weighted by molar-refractivity contribution is -0.192. The Kier molecular flexibility index (Phi) is 7.76. The van der Waals surface area contributed by atoms with Crippen molar-refractivity contribution in [3.8, 4) is 0 Å². The predicted molar refractivity (Wildman–Crippen MR) is 108 cm³/mol. The maximum Gasteiger partial charge on any atom is 0.490 e. The SMILES string of the molecule is O=C(O)C(F)(F)F.O=C(c1ccccc1F)N1CCCC2(COCCN(CC3CC3)C2)C1. The number of amides is 1. The maximum atomic E-state index is 14.0. The van der Waals surface area contributed by atoms with Crippen LogP contribution in [-0.4, -0.2) is 78.9 Å². The smallest absolute Gasteiger partial charge is 0.475 e. The van der Waals surface area contributed by atoms with Crippen LogP contribution >= 0.6 is 0 Å². The topological polar surface area (TPSA) is 70.1 Å². The molecule has 1 aliphatic carbocycles. The van der Waals surface area contributed by atoms with Gasteiger partial charge in [-0.25, -0.2) is 9.18 Å². The van der Waals surface area contributed by atoms with Crippen molar-refractivity contribution in [3.63, 3.8) is 0 Å². The predicted octanol–water partition coefficient (Wildman–Crippen LogP) is 3.42. The molecule has 2 aliphatic heterocycles. The highest BCUT2D eigenvalue weighted by Crippen LogP contribution is 2.36. The summed E-state index contributed by atoms with van der Waals surface area (Å²) in [5.74, 6) is -2.52. The molecule has 0 radical (unpaired) electrons. The first-order valence-corrected chi connectivity index (χ1v) is 10.7. The Balaban J connectivity index is 0.000000360. The zero-order valence-electron chi connectivity index (χ0n) is 17.7. The Morgan fingerprint density at radius 2 is 1.84 bits per heavy atom. The molecule has 2 saturated heterocycles. The van der Waals surface area contributed by atoms with Gasteiger partial charge in [-0.1, -0.05) is 12.1 Å². The Morgan fingerprint density at radius 1 is 1.16 bits per heavy atom. The van der Waals surface area contributed by atoms with Crippen molar-refractivity contribution in [3.05, 3.63) is 35.6 Å². The Labute approximate surface area is 184 Å². The highest BCUT2D eigenvalue weighted by atomic mass is 19.4. The zero-order chi connectivity index (χ0) is 23.4. The van der Waals surface area contributed by atoms with Gasteiger partial charge in [0.1, 0.15) is 5.82 Å². The molecule has 1 spiro atoms. The van der Waals surface area contributed by atoms with E-state index in [1.165, 1.54) is 18.9 Å². The molecule has 1 saturated carbocycles. The normalized spacial score (nSPS) is 24.4. The van der Waals surface area contributed by atoms with Crippen LogP contribution in [0.15, 0.2) is 24.3 Å². The van der Waals surface area contributed by atoms with Gasteiger partial charge in [0.2, 0.25) is 0 Å². The first-order chi connectivity index (χ1) is 15.1. The molecular formula is C22H28F4N2O4. The van der Waals surface area contributed by atoms with Gasteiger partial charge in [0, 0.05) is 38.1 Å². The first kappa shape index (κ1) is 24.4. The monoisotopic (exact) mass is 460 g/mol. The number of alkyl halides is 3. The summed E-state index contributed by atoms with van der Waals surface area (Å²) in [4.78, 5) is 26.1. The van der Waals surface area contributed by atoms with Gasteiger partial charge in [0.25, 0.3) is 5.91 Å². The number of carbonyl (C=O) groups excluding carboxylic acids is 1. The standard InChI is InChI=1S/C20H27FN2O2.C2HF3O2/c21-18-5-2-1-4-17(18)19(24)23-9-3-8-20(14-23)13-22(10-11-25-15-20)12-16-6-7-16;3-2(4,5)1(6)7/h1-2,4-5,16H,3,6-15H2;(H,6,7). The summed E-state index contributed by atoms with van der Waals surface area (Å²) in [6.07, 6.45) is -0.347. The van der Waals surface area contributed by atoms with Gasteiger partial charge in [-0.05, 0) is 43.7 Å². The van der Waals surface area contributed by atoms with Crippen LogP contribution in [0, 0.1) is 17.2 Å². The molecule has 178 valence electrons. The third kappa shape index (κ3) is 6.65. The van der Waals surface area contributed by atoms with Gasteiger partial charge in [-0.15, -0.1) is 0 Å². The van der Waals surface area contributed by atoms with Crippen molar-refractivity contribution >= 4 is 11.9 Å². The molecule has 1 atom stereocenters. The lowest BCUT2D eigenvalue weighted by atomic mass is 9.79. The number of hydrogen-bond donors (Lipinski definition) is 1. The molecule has 0 aromatic heterocycles. The molecule has 3 aliphatic rings. The van der Waals surface area contributed by atoms with Gasteiger partial charge >= 0.3 is 12.1 Å². The summed E-state index contributed by atoms with van der Waals surface area (Å²) < 4.78 is 51.7. The fourth-order valence-corrected chi connectivity index (χ4v) is 4.34. The lowest BCUT2D eigenvalue weighted by Crippen LogP contribution is -2.52. The third-order valence-electron chi connectivity index (χ3n) is 6.03. The Morgan fingerprint density at radius 3 is 2.47 bits per heavy atom. The fraction of sp³-hybridized carbons (Fsp3) is 0.636. The molecule has 1 amide bonds. The molecule has 1 unspecified atom stereocenters. The number of nitrogens with zero attached hydrogens (tertiary/aromatic N) is 2. The van der Waals surface area contributed by atoms with Crippen LogP contribution in [0.3, 0.4) is 0 Å². The fourth-order valence-electron chi connectivity index (χ4n) is 4.34. The highest BCUT2D eigenvalue weighted by Gasteiger charge is 2.41. The molecule has 4 rings (SSSR count). The van der Waals surface area contributed by atoms with Crippen LogP contribution in [0.4, 0.5) is 17.6 Å². The number of halogens is 4. The zero-order valence-corrected chi connectivity index (χ0v) is 17.7. The largest absolute Gasteiger partial charge is 0.490 e. The van der Waals surface area contributed by atoms with Crippen molar-refractivity contribution in [1.29, 1.82) is 0 Å². The summed E-state index contributed by atoms with van der Waals surface area (Å²) in [6.45, 7) is 5.99.